The molecule has 0 bridgehead atoms. The zero-order valence-corrected chi connectivity index (χ0v) is 16.2. The van der Waals surface area contributed by atoms with Gasteiger partial charge in [-0.05, 0) is 76.6 Å². The van der Waals surface area contributed by atoms with Gasteiger partial charge >= 0.3 is 0 Å². The van der Waals surface area contributed by atoms with Crippen LogP contribution in [0.4, 0.5) is 0 Å². The zero-order chi connectivity index (χ0) is 18.5. The second-order valence-corrected chi connectivity index (χ2v) is 7.48. The predicted molar refractivity (Wildman–Crippen MR) is 103 cm³/mol. The summed E-state index contributed by atoms with van der Waals surface area (Å²) in [7, 11) is 0. The molecule has 0 aromatic carbocycles. The number of rotatable bonds is 7. The topological polar surface area (TPSA) is 51.0 Å². The van der Waals surface area contributed by atoms with Crippen molar-refractivity contribution >= 4 is 5.91 Å². The monoisotopic (exact) mass is 354 g/mol. The summed E-state index contributed by atoms with van der Waals surface area (Å²) < 4.78 is 2.01. The zero-order valence-electron chi connectivity index (χ0n) is 16.2. The number of carbonyl (C=O) groups excluding carboxylic acids is 1. The van der Waals surface area contributed by atoms with Crippen LogP contribution in [0.1, 0.15) is 54.7 Å². The smallest absolute Gasteiger partial charge is 0.222 e. The molecule has 3 heterocycles. The van der Waals surface area contributed by atoms with Crippen LogP contribution in [0.3, 0.4) is 0 Å². The van der Waals surface area contributed by atoms with Gasteiger partial charge in [-0.15, -0.1) is 0 Å². The van der Waals surface area contributed by atoms with E-state index in [0.717, 1.165) is 56.6 Å². The van der Waals surface area contributed by atoms with Crippen molar-refractivity contribution in [2.45, 2.75) is 71.9 Å². The minimum absolute atomic E-state index is 0.306. The Balaban J connectivity index is 1.47. The number of likely N-dealkylation sites (tertiary alicyclic amines) is 1. The van der Waals surface area contributed by atoms with E-state index in [1.165, 1.54) is 11.3 Å². The Hall–Kier alpha value is -2.17. The summed E-state index contributed by atoms with van der Waals surface area (Å²) in [6, 6.07) is 6.71. The van der Waals surface area contributed by atoms with Crippen LogP contribution >= 0.6 is 0 Å². The van der Waals surface area contributed by atoms with Crippen LogP contribution in [0.5, 0.6) is 0 Å². The molecule has 2 aromatic heterocycles. The van der Waals surface area contributed by atoms with E-state index < -0.39 is 0 Å². The van der Waals surface area contributed by atoms with Crippen molar-refractivity contribution in [1.29, 1.82) is 0 Å². The highest BCUT2D eigenvalue weighted by Crippen LogP contribution is 2.23. The molecule has 0 N–H and O–H groups in total. The van der Waals surface area contributed by atoms with Crippen molar-refractivity contribution in [3.63, 3.8) is 0 Å². The molecule has 1 aliphatic rings. The Morgan fingerprint density at radius 1 is 1.23 bits per heavy atom. The molecule has 0 unspecified atom stereocenters. The van der Waals surface area contributed by atoms with Gasteiger partial charge in [-0.1, -0.05) is 0 Å². The van der Waals surface area contributed by atoms with Gasteiger partial charge in [-0.25, -0.2) is 0 Å². The molecule has 3 rings (SSSR count). The third kappa shape index (κ3) is 4.71. The molecular weight excluding hydrogens is 324 g/mol. The Kier molecular flexibility index (Phi) is 6.07. The number of nitrogens with zero attached hydrogens (tertiary/aromatic N) is 4. The minimum Gasteiger partial charge on any atom is -0.340 e. The maximum Gasteiger partial charge on any atom is 0.222 e. The molecule has 140 valence electrons. The molecule has 0 radical (unpaired) electrons. The van der Waals surface area contributed by atoms with Gasteiger partial charge in [0.2, 0.25) is 5.91 Å². The van der Waals surface area contributed by atoms with Crippen LogP contribution in [0.15, 0.2) is 24.4 Å². The minimum atomic E-state index is 0.306. The Morgan fingerprint density at radius 2 is 2.08 bits per heavy atom. The number of carbonyl (C=O) groups is 1. The lowest BCUT2D eigenvalue weighted by Gasteiger charge is -2.25. The maximum atomic E-state index is 12.7. The van der Waals surface area contributed by atoms with E-state index in [1.54, 1.807) is 0 Å². The second-order valence-electron chi connectivity index (χ2n) is 7.48. The van der Waals surface area contributed by atoms with Crippen molar-refractivity contribution in [3.05, 3.63) is 47.0 Å². The Bertz CT molecular complexity index is 752. The SMILES string of the molecule is Cc1cc(CC[C@H]2CCCN2C(=O)CCCn2nc(C)cc2C)ccn1. The fourth-order valence-electron chi connectivity index (χ4n) is 3.98. The highest BCUT2D eigenvalue weighted by Gasteiger charge is 2.27. The van der Waals surface area contributed by atoms with E-state index in [9.17, 15) is 4.79 Å². The van der Waals surface area contributed by atoms with Crippen LogP contribution in [0, 0.1) is 20.8 Å². The fraction of sp³-hybridized carbons (Fsp3) is 0.571. The van der Waals surface area contributed by atoms with Gasteiger partial charge in [0.05, 0.1) is 5.69 Å². The highest BCUT2D eigenvalue weighted by molar-refractivity contribution is 5.76. The van der Waals surface area contributed by atoms with E-state index in [4.69, 9.17) is 0 Å². The first kappa shape index (κ1) is 18.6. The molecule has 26 heavy (non-hydrogen) atoms. The molecule has 1 aliphatic heterocycles. The summed E-state index contributed by atoms with van der Waals surface area (Å²) in [5.41, 5.74) is 4.59. The lowest BCUT2D eigenvalue weighted by atomic mass is 10.0. The van der Waals surface area contributed by atoms with Gasteiger partial charge in [0.25, 0.3) is 0 Å². The highest BCUT2D eigenvalue weighted by atomic mass is 16.2. The molecule has 5 heteroatoms. The van der Waals surface area contributed by atoms with Gasteiger partial charge < -0.3 is 4.90 Å². The standard InChI is InChI=1S/C21H30N4O/c1-16-15-19(10-11-22-16)8-9-20-6-4-12-24(20)21(26)7-5-13-25-18(3)14-17(2)23-25/h10-11,14-15,20H,4-9,12-13H2,1-3H3/t20-/m1/s1. The average Bonchev–Trinajstić information content (AvgIpc) is 3.19. The number of hydrogen-bond acceptors (Lipinski definition) is 3. The van der Waals surface area contributed by atoms with E-state index in [1.807, 2.05) is 24.7 Å². The average molecular weight is 354 g/mol. The van der Waals surface area contributed by atoms with Crippen molar-refractivity contribution in [3.8, 4) is 0 Å². The summed E-state index contributed by atoms with van der Waals surface area (Å²) in [6.45, 7) is 7.84. The number of aromatic nitrogens is 3. The molecule has 2 aromatic rings. The van der Waals surface area contributed by atoms with E-state index in [2.05, 4.69) is 40.1 Å². The van der Waals surface area contributed by atoms with Gasteiger partial charge in [0, 0.05) is 43.1 Å². The second kappa shape index (κ2) is 8.47. The van der Waals surface area contributed by atoms with Crippen molar-refractivity contribution < 1.29 is 4.79 Å². The summed E-state index contributed by atoms with van der Waals surface area (Å²) in [5, 5.41) is 4.48. The van der Waals surface area contributed by atoms with Gasteiger partial charge in [0.1, 0.15) is 0 Å². The van der Waals surface area contributed by atoms with Gasteiger partial charge in [-0.2, -0.15) is 5.10 Å². The summed E-state index contributed by atoms with van der Waals surface area (Å²) in [6.07, 6.45) is 7.67. The number of aryl methyl sites for hydroxylation is 5. The first-order valence-corrected chi connectivity index (χ1v) is 9.75. The lowest BCUT2D eigenvalue weighted by Crippen LogP contribution is -2.35. The van der Waals surface area contributed by atoms with Crippen molar-refractivity contribution in [1.82, 2.24) is 19.7 Å². The molecule has 0 saturated carbocycles. The van der Waals surface area contributed by atoms with Crippen LogP contribution in [-0.4, -0.2) is 38.2 Å². The van der Waals surface area contributed by atoms with E-state index in [-0.39, 0.29) is 0 Å². The molecule has 1 saturated heterocycles. The first-order valence-electron chi connectivity index (χ1n) is 9.75. The van der Waals surface area contributed by atoms with Crippen LogP contribution in [0.25, 0.3) is 0 Å². The first-order chi connectivity index (χ1) is 12.5. The quantitative estimate of drug-likeness (QED) is 0.763. The number of pyridine rings is 1. The maximum absolute atomic E-state index is 12.7. The van der Waals surface area contributed by atoms with Crippen molar-refractivity contribution in [2.75, 3.05) is 6.54 Å². The molecular formula is C21H30N4O. The van der Waals surface area contributed by atoms with Crippen molar-refractivity contribution in [2.24, 2.45) is 0 Å². The normalized spacial score (nSPS) is 17.0. The fourth-order valence-corrected chi connectivity index (χ4v) is 3.98. The summed E-state index contributed by atoms with van der Waals surface area (Å²) in [4.78, 5) is 19.1. The Morgan fingerprint density at radius 3 is 2.81 bits per heavy atom. The van der Waals surface area contributed by atoms with E-state index >= 15 is 0 Å². The summed E-state index contributed by atoms with van der Waals surface area (Å²) in [5.74, 6) is 0.306. The lowest BCUT2D eigenvalue weighted by molar-refractivity contribution is -0.132. The van der Waals surface area contributed by atoms with Crippen LogP contribution < -0.4 is 0 Å². The molecule has 1 fully saturated rings. The molecule has 1 amide bonds. The molecule has 5 nitrogen and oxygen atoms in total. The number of hydrogen-bond donors (Lipinski definition) is 0. The number of amides is 1. The van der Waals surface area contributed by atoms with E-state index in [0.29, 0.717) is 18.4 Å². The van der Waals surface area contributed by atoms with Gasteiger partial charge in [-0.3, -0.25) is 14.5 Å². The third-order valence-electron chi connectivity index (χ3n) is 5.29. The van der Waals surface area contributed by atoms with Crippen LogP contribution in [0.2, 0.25) is 0 Å². The van der Waals surface area contributed by atoms with Gasteiger partial charge in [0.15, 0.2) is 0 Å². The largest absolute Gasteiger partial charge is 0.340 e. The predicted octanol–water partition coefficient (Wildman–Crippen LogP) is 3.61. The van der Waals surface area contributed by atoms with Crippen LogP contribution in [-0.2, 0) is 17.8 Å². The molecule has 1 atom stereocenters. The molecule has 0 aliphatic carbocycles. The summed E-state index contributed by atoms with van der Waals surface area (Å²) >= 11 is 0. The Labute approximate surface area is 156 Å². The third-order valence-corrected chi connectivity index (χ3v) is 5.29. The molecule has 0 spiro atoms.